The van der Waals surface area contributed by atoms with Crippen molar-refractivity contribution < 1.29 is 19.2 Å². The van der Waals surface area contributed by atoms with Crippen LogP contribution in [0.5, 0.6) is 5.75 Å². The molecule has 134 valence electrons. The summed E-state index contributed by atoms with van der Waals surface area (Å²) in [6.07, 6.45) is 0. The number of carboxylic acids is 1. The van der Waals surface area contributed by atoms with Gasteiger partial charge in [0.1, 0.15) is 17.0 Å². The summed E-state index contributed by atoms with van der Waals surface area (Å²) in [5.74, 6) is -0.0769. The minimum atomic E-state index is -1.07. The first-order chi connectivity index (χ1) is 12.6. The number of hydrogen-bond donors (Lipinski definition) is 2. The van der Waals surface area contributed by atoms with E-state index >= 15 is 0 Å². The van der Waals surface area contributed by atoms with Crippen LogP contribution >= 0.6 is 0 Å². The molecule has 0 fully saturated rings. The molecule has 6 heteroatoms. The normalized spacial score (nSPS) is 11.9. The van der Waals surface area contributed by atoms with Crippen LogP contribution in [0.15, 0.2) is 59.1 Å². The van der Waals surface area contributed by atoms with Gasteiger partial charge in [0, 0.05) is 12.1 Å². The number of carboxylic acid groups (broad SMARTS) is 1. The molecule has 0 saturated heterocycles. The lowest BCUT2D eigenvalue weighted by molar-refractivity contribution is 0.0694. The Morgan fingerprint density at radius 3 is 2.50 bits per heavy atom. The number of nitrogens with one attached hydrogen (secondary N) is 1. The van der Waals surface area contributed by atoms with Crippen molar-refractivity contribution in [2.75, 3.05) is 7.11 Å². The van der Waals surface area contributed by atoms with E-state index in [1.165, 1.54) is 0 Å². The highest BCUT2D eigenvalue weighted by Crippen LogP contribution is 2.30. The van der Waals surface area contributed by atoms with Gasteiger partial charge < -0.3 is 19.7 Å². The van der Waals surface area contributed by atoms with Crippen LogP contribution in [0.2, 0.25) is 0 Å². The van der Waals surface area contributed by atoms with Crippen LogP contribution in [0.25, 0.3) is 11.3 Å². The molecule has 2 N–H and O–H groups in total. The van der Waals surface area contributed by atoms with Crippen LogP contribution in [0, 0.1) is 0 Å². The predicted octanol–water partition coefficient (Wildman–Crippen LogP) is 3.90. The Labute approximate surface area is 151 Å². The second-order valence-corrected chi connectivity index (χ2v) is 5.89. The molecule has 1 aromatic heterocycles. The van der Waals surface area contributed by atoms with Crippen molar-refractivity contribution in [3.8, 4) is 17.0 Å². The van der Waals surface area contributed by atoms with Gasteiger partial charge in [0.2, 0.25) is 0 Å². The number of benzene rings is 2. The van der Waals surface area contributed by atoms with Crippen LogP contribution in [0.1, 0.15) is 34.6 Å². The molecule has 1 unspecified atom stereocenters. The molecule has 1 atom stereocenters. The molecular formula is C20H20N2O4. The molecule has 0 aliphatic carbocycles. The van der Waals surface area contributed by atoms with E-state index in [0.717, 1.165) is 5.56 Å². The molecule has 0 bridgehead atoms. The number of ether oxygens (including phenoxy) is 1. The van der Waals surface area contributed by atoms with Crippen LogP contribution in [-0.2, 0) is 6.54 Å². The number of methoxy groups -OCH3 is 1. The lowest BCUT2D eigenvalue weighted by Gasteiger charge is -2.11. The zero-order valence-corrected chi connectivity index (χ0v) is 14.6. The number of rotatable bonds is 7. The molecule has 3 aromatic rings. The van der Waals surface area contributed by atoms with Crippen molar-refractivity contribution in [1.82, 2.24) is 10.5 Å². The molecule has 0 radical (unpaired) electrons. The molecule has 1 heterocycles. The molecule has 0 amide bonds. The second-order valence-electron chi connectivity index (χ2n) is 5.89. The van der Waals surface area contributed by atoms with Gasteiger partial charge in [0.25, 0.3) is 0 Å². The number of carbonyl (C=O) groups is 1. The average Bonchev–Trinajstić information content (AvgIpc) is 3.12. The first kappa shape index (κ1) is 17.7. The van der Waals surface area contributed by atoms with Gasteiger partial charge >= 0.3 is 5.97 Å². The summed E-state index contributed by atoms with van der Waals surface area (Å²) in [7, 11) is 1.58. The third kappa shape index (κ3) is 3.75. The Hall–Kier alpha value is -3.12. The maximum atomic E-state index is 11.8. The van der Waals surface area contributed by atoms with Crippen LogP contribution < -0.4 is 10.1 Å². The van der Waals surface area contributed by atoms with Crippen molar-refractivity contribution in [3.05, 3.63) is 71.5 Å². The molecule has 26 heavy (non-hydrogen) atoms. The summed E-state index contributed by atoms with van der Waals surface area (Å²) in [6.45, 7) is 2.45. The van der Waals surface area contributed by atoms with E-state index in [2.05, 4.69) is 10.5 Å². The van der Waals surface area contributed by atoms with Gasteiger partial charge in [0.15, 0.2) is 5.76 Å². The van der Waals surface area contributed by atoms with E-state index in [9.17, 15) is 9.90 Å². The maximum absolute atomic E-state index is 11.8. The Balaban J connectivity index is 1.85. The van der Waals surface area contributed by atoms with Gasteiger partial charge in [-0.2, -0.15) is 0 Å². The highest BCUT2D eigenvalue weighted by atomic mass is 16.5. The summed E-state index contributed by atoms with van der Waals surface area (Å²) >= 11 is 0. The Bertz CT molecular complexity index is 873. The minimum absolute atomic E-state index is 0.0724. The Morgan fingerprint density at radius 2 is 1.88 bits per heavy atom. The average molecular weight is 352 g/mol. The zero-order valence-electron chi connectivity index (χ0n) is 14.6. The van der Waals surface area contributed by atoms with E-state index in [0.29, 0.717) is 29.3 Å². The molecule has 0 aliphatic heterocycles. The van der Waals surface area contributed by atoms with Crippen LogP contribution in [-0.4, -0.2) is 23.3 Å². The van der Waals surface area contributed by atoms with Gasteiger partial charge in [-0.05, 0) is 36.8 Å². The van der Waals surface area contributed by atoms with Gasteiger partial charge in [-0.3, -0.25) is 0 Å². The van der Waals surface area contributed by atoms with Gasteiger partial charge in [-0.15, -0.1) is 0 Å². The molecular weight excluding hydrogens is 332 g/mol. The fourth-order valence-corrected chi connectivity index (χ4v) is 2.71. The van der Waals surface area contributed by atoms with Gasteiger partial charge in [-0.1, -0.05) is 35.5 Å². The molecule has 2 aromatic carbocycles. The molecule has 0 saturated carbocycles. The molecule has 0 spiro atoms. The third-order valence-corrected chi connectivity index (χ3v) is 4.14. The third-order valence-electron chi connectivity index (χ3n) is 4.14. The van der Waals surface area contributed by atoms with Crippen LogP contribution in [0.3, 0.4) is 0 Å². The first-order valence-electron chi connectivity index (χ1n) is 8.24. The summed E-state index contributed by atoms with van der Waals surface area (Å²) in [5.41, 5.74) is 2.14. The topological polar surface area (TPSA) is 84.6 Å². The highest BCUT2D eigenvalue weighted by molar-refractivity contribution is 5.96. The van der Waals surface area contributed by atoms with Crippen molar-refractivity contribution in [2.45, 2.75) is 19.5 Å². The minimum Gasteiger partial charge on any atom is -0.497 e. The summed E-state index contributed by atoms with van der Waals surface area (Å²) in [5, 5.41) is 17.0. The monoisotopic (exact) mass is 352 g/mol. The predicted molar refractivity (Wildman–Crippen MR) is 97.1 cm³/mol. The molecule has 3 rings (SSSR count). The summed E-state index contributed by atoms with van der Waals surface area (Å²) in [4.78, 5) is 11.8. The Morgan fingerprint density at radius 1 is 1.19 bits per heavy atom. The zero-order chi connectivity index (χ0) is 18.5. The first-order valence-corrected chi connectivity index (χ1v) is 8.24. The van der Waals surface area contributed by atoms with Crippen molar-refractivity contribution in [2.24, 2.45) is 0 Å². The number of nitrogens with zero attached hydrogens (tertiary/aromatic N) is 1. The number of aromatic nitrogens is 1. The standard InChI is InChI=1S/C20H20N2O4/c1-13(21-12-14-6-4-3-5-7-14)19-17(20(23)24)18(22-26-19)15-8-10-16(25-2)11-9-15/h3-11,13,21H,12H2,1-2H3,(H,23,24). The quantitative estimate of drug-likeness (QED) is 0.671. The molecule has 0 aliphatic rings. The smallest absolute Gasteiger partial charge is 0.341 e. The molecule has 6 nitrogen and oxygen atoms in total. The SMILES string of the molecule is COc1ccc(-c2noc(C(C)NCc3ccccc3)c2C(=O)O)cc1. The van der Waals surface area contributed by atoms with Crippen LogP contribution in [0.4, 0.5) is 0 Å². The van der Waals surface area contributed by atoms with E-state index in [1.54, 1.807) is 31.4 Å². The van der Waals surface area contributed by atoms with Crippen molar-refractivity contribution in [3.63, 3.8) is 0 Å². The van der Waals surface area contributed by atoms with E-state index in [4.69, 9.17) is 9.26 Å². The van der Waals surface area contributed by atoms with E-state index < -0.39 is 5.97 Å². The van der Waals surface area contributed by atoms with Gasteiger partial charge in [0.05, 0.1) is 13.2 Å². The fraction of sp³-hybridized carbons (Fsp3) is 0.200. The van der Waals surface area contributed by atoms with Gasteiger partial charge in [-0.25, -0.2) is 4.79 Å². The second kappa shape index (κ2) is 7.84. The summed E-state index contributed by atoms with van der Waals surface area (Å²) < 4.78 is 10.5. The highest BCUT2D eigenvalue weighted by Gasteiger charge is 2.27. The summed E-state index contributed by atoms with van der Waals surface area (Å²) in [6, 6.07) is 16.6. The fourth-order valence-electron chi connectivity index (χ4n) is 2.71. The van der Waals surface area contributed by atoms with E-state index in [1.807, 2.05) is 37.3 Å². The van der Waals surface area contributed by atoms with Crippen molar-refractivity contribution >= 4 is 5.97 Å². The lowest BCUT2D eigenvalue weighted by Crippen LogP contribution is -2.19. The van der Waals surface area contributed by atoms with Crippen molar-refractivity contribution in [1.29, 1.82) is 0 Å². The Kier molecular flexibility index (Phi) is 5.34. The lowest BCUT2D eigenvalue weighted by atomic mass is 10.0. The maximum Gasteiger partial charge on any atom is 0.341 e. The largest absolute Gasteiger partial charge is 0.497 e. The van der Waals surface area contributed by atoms with E-state index in [-0.39, 0.29) is 11.6 Å². The number of hydrogen-bond acceptors (Lipinski definition) is 5. The number of aromatic carboxylic acids is 1.